The van der Waals surface area contributed by atoms with Crippen molar-refractivity contribution in [3.05, 3.63) is 35.4 Å². The Morgan fingerprint density at radius 3 is 2.44 bits per heavy atom. The van der Waals surface area contributed by atoms with E-state index in [9.17, 15) is 0 Å². The maximum Gasteiger partial charge on any atom is 0.182 e. The fourth-order valence-corrected chi connectivity index (χ4v) is 3.11. The Balaban J connectivity index is 2.30. The first-order chi connectivity index (χ1) is 7.54. The fraction of sp³-hybridized carbons (Fsp3) is 0.571. The van der Waals surface area contributed by atoms with Gasteiger partial charge in [-0.25, -0.2) is 0 Å². The van der Waals surface area contributed by atoms with Gasteiger partial charge in [0.2, 0.25) is 0 Å². The van der Waals surface area contributed by atoms with Gasteiger partial charge in [0.15, 0.2) is 6.71 Å². The van der Waals surface area contributed by atoms with Crippen LogP contribution in [0, 0.1) is 6.92 Å². The second-order valence-electron chi connectivity index (χ2n) is 5.44. The average molecular weight is 215 g/mol. The van der Waals surface area contributed by atoms with E-state index in [-0.39, 0.29) is 0 Å². The summed E-state index contributed by atoms with van der Waals surface area (Å²) in [6, 6.07) is 9.44. The number of hydrogen-bond donors (Lipinski definition) is 0. The summed E-state index contributed by atoms with van der Waals surface area (Å²) in [5.41, 5.74) is 2.94. The SMILES string of the molecule is CB1C(C)N(C(C)C)C1c1ccccc1C. The molecule has 1 aromatic rings. The van der Waals surface area contributed by atoms with Crippen LogP contribution >= 0.6 is 0 Å². The molecule has 2 atom stereocenters. The van der Waals surface area contributed by atoms with Gasteiger partial charge < -0.3 is 4.90 Å². The summed E-state index contributed by atoms with van der Waals surface area (Å²) in [5, 5.41) is 0. The molecule has 2 rings (SSSR count). The Morgan fingerprint density at radius 1 is 1.25 bits per heavy atom. The molecule has 0 bridgehead atoms. The molecular formula is C14H22BN. The van der Waals surface area contributed by atoms with E-state index in [0.717, 1.165) is 6.71 Å². The standard InChI is InChI=1S/C14H22BN/c1-10(2)16-12(4)15(5)14(16)13-9-7-6-8-11(13)3/h6-10,12,14H,1-5H3. The van der Waals surface area contributed by atoms with E-state index in [4.69, 9.17) is 0 Å². The lowest BCUT2D eigenvalue weighted by Crippen LogP contribution is -2.64. The van der Waals surface area contributed by atoms with Crippen LogP contribution in [0.3, 0.4) is 0 Å². The van der Waals surface area contributed by atoms with Crippen molar-refractivity contribution in [2.45, 2.75) is 52.4 Å². The van der Waals surface area contributed by atoms with Crippen molar-refractivity contribution >= 4 is 6.71 Å². The second-order valence-corrected chi connectivity index (χ2v) is 5.44. The molecule has 1 aliphatic rings. The minimum absolute atomic E-state index is 0.621. The van der Waals surface area contributed by atoms with E-state index in [2.05, 4.69) is 63.7 Å². The van der Waals surface area contributed by atoms with Crippen LogP contribution in [0.15, 0.2) is 24.3 Å². The van der Waals surface area contributed by atoms with Crippen LogP contribution in [0.5, 0.6) is 0 Å². The molecular weight excluding hydrogens is 193 g/mol. The van der Waals surface area contributed by atoms with Crippen molar-refractivity contribution in [1.29, 1.82) is 0 Å². The molecule has 1 aromatic carbocycles. The quantitative estimate of drug-likeness (QED) is 0.684. The van der Waals surface area contributed by atoms with Gasteiger partial charge in [-0.2, -0.15) is 0 Å². The molecule has 1 aliphatic heterocycles. The maximum atomic E-state index is 2.63. The lowest BCUT2D eigenvalue weighted by atomic mass is 9.32. The summed E-state index contributed by atoms with van der Waals surface area (Å²) >= 11 is 0. The van der Waals surface area contributed by atoms with Gasteiger partial charge in [0.1, 0.15) is 0 Å². The van der Waals surface area contributed by atoms with E-state index in [1.807, 2.05) is 0 Å². The molecule has 0 N–H and O–H groups in total. The zero-order valence-corrected chi connectivity index (χ0v) is 11.1. The van der Waals surface area contributed by atoms with E-state index in [0.29, 0.717) is 17.9 Å². The molecule has 16 heavy (non-hydrogen) atoms. The smallest absolute Gasteiger partial charge is 0.182 e. The van der Waals surface area contributed by atoms with Gasteiger partial charge >= 0.3 is 0 Å². The molecule has 0 radical (unpaired) electrons. The summed E-state index contributed by atoms with van der Waals surface area (Å²) in [6.07, 6.45) is 0. The van der Waals surface area contributed by atoms with Gasteiger partial charge in [-0.15, -0.1) is 0 Å². The topological polar surface area (TPSA) is 3.24 Å². The Bertz CT molecular complexity index is 375. The van der Waals surface area contributed by atoms with Gasteiger partial charge in [0, 0.05) is 12.0 Å². The van der Waals surface area contributed by atoms with Crippen molar-refractivity contribution in [1.82, 2.24) is 4.90 Å². The van der Waals surface area contributed by atoms with Crippen LogP contribution in [-0.2, 0) is 0 Å². The average Bonchev–Trinajstić information content (AvgIpc) is 2.25. The van der Waals surface area contributed by atoms with Gasteiger partial charge in [0.25, 0.3) is 0 Å². The number of rotatable bonds is 2. The highest BCUT2D eigenvalue weighted by Crippen LogP contribution is 2.40. The van der Waals surface area contributed by atoms with Crippen molar-refractivity contribution < 1.29 is 0 Å². The zero-order chi connectivity index (χ0) is 11.9. The Labute approximate surface area is 99.9 Å². The lowest BCUT2D eigenvalue weighted by molar-refractivity contribution is 0.133. The van der Waals surface area contributed by atoms with Crippen molar-refractivity contribution in [2.24, 2.45) is 0 Å². The predicted molar refractivity (Wildman–Crippen MR) is 72.0 cm³/mol. The molecule has 0 spiro atoms. The maximum absolute atomic E-state index is 2.63. The number of aryl methyl sites for hydroxylation is 1. The molecule has 2 unspecified atom stereocenters. The van der Waals surface area contributed by atoms with Crippen molar-refractivity contribution in [3.63, 3.8) is 0 Å². The normalized spacial score (nSPS) is 26.0. The molecule has 0 aliphatic carbocycles. The van der Waals surface area contributed by atoms with Gasteiger partial charge in [0.05, 0.1) is 0 Å². The Hall–Kier alpha value is -0.755. The predicted octanol–water partition coefficient (Wildman–Crippen LogP) is 3.35. The van der Waals surface area contributed by atoms with Gasteiger partial charge in [-0.05, 0) is 37.8 Å². The first-order valence-corrected chi connectivity index (χ1v) is 6.37. The van der Waals surface area contributed by atoms with E-state index in [1.165, 1.54) is 11.1 Å². The minimum Gasteiger partial charge on any atom is -0.305 e. The third-order valence-corrected chi connectivity index (χ3v) is 4.15. The summed E-state index contributed by atoms with van der Waals surface area (Å²) in [4.78, 5) is 2.63. The lowest BCUT2D eigenvalue weighted by Gasteiger charge is -2.54. The molecule has 0 aromatic heterocycles. The Morgan fingerprint density at radius 2 is 1.88 bits per heavy atom. The molecule has 86 valence electrons. The van der Waals surface area contributed by atoms with Crippen LogP contribution in [0.1, 0.15) is 37.8 Å². The fourth-order valence-electron chi connectivity index (χ4n) is 3.11. The number of nitrogens with zero attached hydrogens (tertiary/aromatic N) is 1. The van der Waals surface area contributed by atoms with Gasteiger partial charge in [-0.1, -0.05) is 38.0 Å². The molecule has 1 saturated heterocycles. The Kier molecular flexibility index (Phi) is 3.11. The van der Waals surface area contributed by atoms with Crippen LogP contribution in [0.25, 0.3) is 0 Å². The molecule has 1 heterocycles. The van der Waals surface area contributed by atoms with Gasteiger partial charge in [-0.3, -0.25) is 0 Å². The monoisotopic (exact) mass is 215 g/mol. The third kappa shape index (κ3) is 1.69. The summed E-state index contributed by atoms with van der Waals surface area (Å²) in [7, 11) is 0. The first kappa shape index (κ1) is 11.7. The van der Waals surface area contributed by atoms with Crippen molar-refractivity contribution in [3.8, 4) is 0 Å². The van der Waals surface area contributed by atoms with Crippen LogP contribution in [-0.4, -0.2) is 23.6 Å². The molecule has 1 nitrogen and oxygen atoms in total. The van der Waals surface area contributed by atoms with Crippen LogP contribution in [0.4, 0.5) is 0 Å². The molecule has 2 heteroatoms. The highest BCUT2D eigenvalue weighted by atomic mass is 15.2. The van der Waals surface area contributed by atoms with E-state index in [1.54, 1.807) is 0 Å². The van der Waals surface area contributed by atoms with Crippen LogP contribution in [0.2, 0.25) is 6.82 Å². The minimum atomic E-state index is 0.621. The van der Waals surface area contributed by atoms with E-state index < -0.39 is 0 Å². The number of hydrogen-bond acceptors (Lipinski definition) is 1. The summed E-state index contributed by atoms with van der Waals surface area (Å²) < 4.78 is 0. The highest BCUT2D eigenvalue weighted by Gasteiger charge is 2.47. The van der Waals surface area contributed by atoms with Crippen molar-refractivity contribution in [2.75, 3.05) is 0 Å². The summed E-state index contributed by atoms with van der Waals surface area (Å²) in [5.74, 6) is 1.33. The molecule has 0 saturated carbocycles. The van der Waals surface area contributed by atoms with Crippen LogP contribution < -0.4 is 0 Å². The largest absolute Gasteiger partial charge is 0.305 e. The highest BCUT2D eigenvalue weighted by molar-refractivity contribution is 6.63. The first-order valence-electron chi connectivity index (χ1n) is 6.37. The second kappa shape index (κ2) is 4.25. The molecule has 1 fully saturated rings. The zero-order valence-electron chi connectivity index (χ0n) is 11.1. The number of benzene rings is 1. The molecule has 0 amide bonds. The van der Waals surface area contributed by atoms with E-state index >= 15 is 0 Å². The summed E-state index contributed by atoms with van der Waals surface area (Å²) in [6.45, 7) is 12.3. The third-order valence-electron chi connectivity index (χ3n) is 4.15.